The predicted molar refractivity (Wildman–Crippen MR) is 73.8 cm³/mol. The van der Waals surface area contributed by atoms with Crippen molar-refractivity contribution in [2.24, 2.45) is 5.73 Å². The standard InChI is InChI=1S/C13H23N5O2/c1-2-3-13-16-12(17-20-13)9-18(8-11(14)19)10-4-6-15-7-5-10/h10,15H,2-9H2,1H3,(H2,14,19). The molecule has 1 amide bonds. The van der Waals surface area contributed by atoms with Crippen LogP contribution < -0.4 is 11.1 Å². The number of hydrogen-bond acceptors (Lipinski definition) is 6. The van der Waals surface area contributed by atoms with Crippen molar-refractivity contribution in [3.8, 4) is 0 Å². The lowest BCUT2D eigenvalue weighted by molar-refractivity contribution is -0.120. The maximum Gasteiger partial charge on any atom is 0.231 e. The lowest BCUT2D eigenvalue weighted by Gasteiger charge is -2.32. The lowest BCUT2D eigenvalue weighted by Crippen LogP contribution is -2.46. The molecule has 1 aromatic rings. The van der Waals surface area contributed by atoms with Crippen molar-refractivity contribution < 1.29 is 9.32 Å². The van der Waals surface area contributed by atoms with Gasteiger partial charge in [0, 0.05) is 12.5 Å². The second-order valence-electron chi connectivity index (χ2n) is 5.21. The molecule has 20 heavy (non-hydrogen) atoms. The van der Waals surface area contributed by atoms with Crippen LogP contribution in [0.3, 0.4) is 0 Å². The first-order valence-electron chi connectivity index (χ1n) is 7.23. The summed E-state index contributed by atoms with van der Waals surface area (Å²) in [4.78, 5) is 17.7. The minimum Gasteiger partial charge on any atom is -0.369 e. The summed E-state index contributed by atoms with van der Waals surface area (Å²) >= 11 is 0. The fourth-order valence-electron chi connectivity index (χ4n) is 2.54. The second kappa shape index (κ2) is 7.35. The van der Waals surface area contributed by atoms with Gasteiger partial charge in [0.2, 0.25) is 11.8 Å². The number of nitrogens with zero attached hydrogens (tertiary/aromatic N) is 3. The van der Waals surface area contributed by atoms with Crippen LogP contribution in [-0.2, 0) is 17.8 Å². The van der Waals surface area contributed by atoms with E-state index in [4.69, 9.17) is 10.3 Å². The summed E-state index contributed by atoms with van der Waals surface area (Å²) < 4.78 is 5.18. The van der Waals surface area contributed by atoms with Gasteiger partial charge in [-0.2, -0.15) is 4.98 Å². The zero-order valence-corrected chi connectivity index (χ0v) is 12.0. The zero-order valence-electron chi connectivity index (χ0n) is 12.0. The third-order valence-corrected chi connectivity index (χ3v) is 3.50. The Morgan fingerprint density at radius 1 is 1.50 bits per heavy atom. The quantitative estimate of drug-likeness (QED) is 0.733. The number of rotatable bonds is 7. The molecule has 2 heterocycles. The summed E-state index contributed by atoms with van der Waals surface area (Å²) in [5.41, 5.74) is 5.35. The fourth-order valence-corrected chi connectivity index (χ4v) is 2.54. The maximum atomic E-state index is 11.3. The number of nitrogens with two attached hydrogens (primary N) is 1. The van der Waals surface area contributed by atoms with Crippen LogP contribution in [0.4, 0.5) is 0 Å². The van der Waals surface area contributed by atoms with E-state index in [0.29, 0.717) is 24.3 Å². The molecular formula is C13H23N5O2. The fraction of sp³-hybridized carbons (Fsp3) is 0.769. The van der Waals surface area contributed by atoms with Gasteiger partial charge in [0.1, 0.15) is 0 Å². The van der Waals surface area contributed by atoms with Crippen molar-refractivity contribution >= 4 is 5.91 Å². The third-order valence-electron chi connectivity index (χ3n) is 3.50. The Balaban J connectivity index is 1.99. The number of nitrogens with one attached hydrogen (secondary N) is 1. The van der Waals surface area contributed by atoms with Crippen LogP contribution >= 0.6 is 0 Å². The number of hydrogen-bond donors (Lipinski definition) is 2. The molecule has 1 aliphatic heterocycles. The zero-order chi connectivity index (χ0) is 14.4. The molecule has 0 atom stereocenters. The van der Waals surface area contributed by atoms with Gasteiger partial charge in [-0.15, -0.1) is 0 Å². The number of carbonyl (C=O) groups is 1. The van der Waals surface area contributed by atoms with E-state index in [-0.39, 0.29) is 12.5 Å². The van der Waals surface area contributed by atoms with Gasteiger partial charge < -0.3 is 15.6 Å². The van der Waals surface area contributed by atoms with Crippen LogP contribution in [0, 0.1) is 0 Å². The summed E-state index contributed by atoms with van der Waals surface area (Å²) in [6.07, 6.45) is 3.77. The normalized spacial score (nSPS) is 16.7. The lowest BCUT2D eigenvalue weighted by atomic mass is 10.0. The Morgan fingerprint density at radius 2 is 2.25 bits per heavy atom. The molecule has 0 unspecified atom stereocenters. The van der Waals surface area contributed by atoms with E-state index < -0.39 is 0 Å². The van der Waals surface area contributed by atoms with Crippen LogP contribution in [0.15, 0.2) is 4.52 Å². The molecule has 0 aromatic carbocycles. The first-order valence-corrected chi connectivity index (χ1v) is 7.23. The van der Waals surface area contributed by atoms with Crippen LogP contribution in [0.25, 0.3) is 0 Å². The van der Waals surface area contributed by atoms with Gasteiger partial charge in [-0.3, -0.25) is 9.69 Å². The van der Waals surface area contributed by atoms with E-state index in [1.807, 2.05) is 0 Å². The van der Waals surface area contributed by atoms with E-state index in [1.54, 1.807) is 0 Å². The SMILES string of the molecule is CCCc1nc(CN(CC(N)=O)C2CCNCC2)no1. The number of amides is 1. The van der Waals surface area contributed by atoms with Gasteiger partial charge in [0.05, 0.1) is 13.1 Å². The Labute approximate surface area is 118 Å². The molecule has 1 aromatic heterocycles. The third kappa shape index (κ3) is 4.28. The van der Waals surface area contributed by atoms with Gasteiger partial charge in [0.15, 0.2) is 5.82 Å². The molecule has 1 aliphatic rings. The molecule has 2 rings (SSSR count). The number of carbonyl (C=O) groups excluding carboxylic acids is 1. The minimum atomic E-state index is -0.319. The van der Waals surface area contributed by atoms with E-state index in [9.17, 15) is 4.79 Å². The first-order chi connectivity index (χ1) is 9.69. The largest absolute Gasteiger partial charge is 0.369 e. The van der Waals surface area contributed by atoms with Crippen LogP contribution in [-0.4, -0.2) is 46.6 Å². The Hall–Kier alpha value is -1.47. The van der Waals surface area contributed by atoms with Crippen molar-refractivity contribution in [3.05, 3.63) is 11.7 Å². The van der Waals surface area contributed by atoms with Crippen molar-refractivity contribution in [1.82, 2.24) is 20.4 Å². The van der Waals surface area contributed by atoms with Gasteiger partial charge in [0.25, 0.3) is 0 Å². The molecule has 7 nitrogen and oxygen atoms in total. The number of primary amides is 1. The summed E-state index contributed by atoms with van der Waals surface area (Å²) in [6, 6.07) is 0.344. The van der Waals surface area contributed by atoms with Crippen molar-refractivity contribution in [3.63, 3.8) is 0 Å². The van der Waals surface area contributed by atoms with Gasteiger partial charge in [-0.25, -0.2) is 0 Å². The van der Waals surface area contributed by atoms with E-state index >= 15 is 0 Å². The van der Waals surface area contributed by atoms with Gasteiger partial charge >= 0.3 is 0 Å². The number of piperidine rings is 1. The van der Waals surface area contributed by atoms with Crippen molar-refractivity contribution in [2.45, 2.75) is 45.2 Å². The average molecular weight is 281 g/mol. The minimum absolute atomic E-state index is 0.238. The molecule has 112 valence electrons. The summed E-state index contributed by atoms with van der Waals surface area (Å²) in [5.74, 6) is 0.973. The highest BCUT2D eigenvalue weighted by Gasteiger charge is 2.24. The molecule has 0 saturated carbocycles. The summed E-state index contributed by atoms with van der Waals surface area (Å²) in [6.45, 7) is 4.75. The predicted octanol–water partition coefficient (Wildman–Crippen LogP) is 0.0614. The van der Waals surface area contributed by atoms with Gasteiger partial charge in [-0.05, 0) is 32.4 Å². The number of aromatic nitrogens is 2. The first kappa shape index (κ1) is 14.9. The van der Waals surface area contributed by atoms with E-state index in [2.05, 4.69) is 27.3 Å². The van der Waals surface area contributed by atoms with Crippen molar-refractivity contribution in [2.75, 3.05) is 19.6 Å². The van der Waals surface area contributed by atoms with Crippen LogP contribution in [0.5, 0.6) is 0 Å². The van der Waals surface area contributed by atoms with Crippen LogP contribution in [0.2, 0.25) is 0 Å². The number of aryl methyl sites for hydroxylation is 1. The molecule has 0 spiro atoms. The highest BCUT2D eigenvalue weighted by Crippen LogP contribution is 2.14. The molecule has 1 fully saturated rings. The molecule has 7 heteroatoms. The molecule has 0 aliphatic carbocycles. The average Bonchev–Trinajstić information content (AvgIpc) is 2.86. The maximum absolute atomic E-state index is 11.3. The Morgan fingerprint density at radius 3 is 2.90 bits per heavy atom. The molecule has 0 radical (unpaired) electrons. The monoisotopic (exact) mass is 281 g/mol. The molecular weight excluding hydrogens is 258 g/mol. The summed E-state index contributed by atoms with van der Waals surface area (Å²) in [7, 11) is 0. The van der Waals surface area contributed by atoms with E-state index in [1.165, 1.54) is 0 Å². The molecule has 3 N–H and O–H groups in total. The van der Waals surface area contributed by atoms with E-state index in [0.717, 1.165) is 38.8 Å². The van der Waals surface area contributed by atoms with Crippen molar-refractivity contribution in [1.29, 1.82) is 0 Å². The summed E-state index contributed by atoms with van der Waals surface area (Å²) in [5, 5.41) is 7.30. The topological polar surface area (TPSA) is 97.3 Å². The second-order valence-corrected chi connectivity index (χ2v) is 5.21. The smallest absolute Gasteiger partial charge is 0.231 e. The Kier molecular flexibility index (Phi) is 5.49. The Bertz CT molecular complexity index is 428. The van der Waals surface area contributed by atoms with Gasteiger partial charge in [-0.1, -0.05) is 12.1 Å². The molecule has 1 saturated heterocycles. The highest BCUT2D eigenvalue weighted by molar-refractivity contribution is 5.75. The highest BCUT2D eigenvalue weighted by atomic mass is 16.5. The molecule has 0 bridgehead atoms. The van der Waals surface area contributed by atoms with Crippen LogP contribution in [0.1, 0.15) is 37.9 Å².